The van der Waals surface area contributed by atoms with Crippen LogP contribution in [0.5, 0.6) is 0 Å². The van der Waals surface area contributed by atoms with Crippen molar-refractivity contribution in [1.82, 2.24) is 9.97 Å². The molecule has 28 heavy (non-hydrogen) atoms. The molecule has 1 heterocycles. The predicted octanol–water partition coefficient (Wildman–Crippen LogP) is 4.09. The number of hydrogen-bond acceptors (Lipinski definition) is 5. The van der Waals surface area contributed by atoms with Gasteiger partial charge >= 0.3 is 0 Å². The lowest BCUT2D eigenvalue weighted by Crippen LogP contribution is -2.15. The van der Waals surface area contributed by atoms with Gasteiger partial charge in [0.1, 0.15) is 0 Å². The van der Waals surface area contributed by atoms with Crippen molar-refractivity contribution in [1.29, 1.82) is 0 Å². The molecule has 0 aliphatic carbocycles. The second-order valence-corrected chi connectivity index (χ2v) is 5.73. The molecule has 0 atom stereocenters. The summed E-state index contributed by atoms with van der Waals surface area (Å²) in [6.07, 6.45) is 2.37. The van der Waals surface area contributed by atoms with Crippen molar-refractivity contribution < 1.29 is 22.8 Å². The number of aromatic nitrogens is 2. The molecule has 0 fully saturated rings. The molecule has 0 radical (unpaired) electrons. The first kappa shape index (κ1) is 19.0. The Hall–Kier alpha value is -3.75. The van der Waals surface area contributed by atoms with Crippen molar-refractivity contribution in [3.8, 4) is 0 Å². The Morgan fingerprint density at radius 3 is 2.11 bits per heavy atom. The van der Waals surface area contributed by atoms with Gasteiger partial charge in [-0.1, -0.05) is 0 Å². The van der Waals surface area contributed by atoms with Crippen LogP contribution in [0.3, 0.4) is 0 Å². The van der Waals surface area contributed by atoms with Crippen LogP contribution in [0.2, 0.25) is 0 Å². The quantitative estimate of drug-likeness (QED) is 0.510. The van der Waals surface area contributed by atoms with E-state index in [-0.39, 0.29) is 17.3 Å². The summed E-state index contributed by atoms with van der Waals surface area (Å²) in [5.74, 6) is -5.19. The zero-order chi connectivity index (χ0) is 20.3. The second kappa shape index (κ2) is 7.87. The number of amides is 1. The SMILES string of the molecule is CC(=O)c1ccc(Nc2ncc(C(=O)Nc3ccc(F)c(F)c3F)cn2)cc1. The van der Waals surface area contributed by atoms with Crippen LogP contribution < -0.4 is 10.6 Å². The molecule has 3 aromatic rings. The number of carbonyl (C=O) groups is 2. The van der Waals surface area contributed by atoms with Crippen LogP contribution in [0.25, 0.3) is 0 Å². The number of ketones is 1. The van der Waals surface area contributed by atoms with E-state index in [0.29, 0.717) is 17.3 Å². The molecule has 0 aliphatic heterocycles. The van der Waals surface area contributed by atoms with Gasteiger partial charge in [0.25, 0.3) is 5.91 Å². The van der Waals surface area contributed by atoms with Crippen LogP contribution in [0.4, 0.5) is 30.5 Å². The summed E-state index contributed by atoms with van der Waals surface area (Å²) < 4.78 is 39.8. The van der Waals surface area contributed by atoms with Gasteiger partial charge in [0.2, 0.25) is 5.95 Å². The fourth-order valence-electron chi connectivity index (χ4n) is 2.24. The van der Waals surface area contributed by atoms with Gasteiger partial charge in [0.15, 0.2) is 23.2 Å². The fraction of sp³-hybridized carbons (Fsp3) is 0.0526. The fourth-order valence-corrected chi connectivity index (χ4v) is 2.24. The number of Topliss-reactive ketones (excluding diaryl/α,β-unsaturated/α-hetero) is 1. The maximum absolute atomic E-state index is 13.6. The van der Waals surface area contributed by atoms with E-state index in [4.69, 9.17) is 0 Å². The summed E-state index contributed by atoms with van der Waals surface area (Å²) in [7, 11) is 0. The third kappa shape index (κ3) is 4.14. The topological polar surface area (TPSA) is 84.0 Å². The molecule has 2 aromatic carbocycles. The number of benzene rings is 2. The number of halogens is 3. The highest BCUT2D eigenvalue weighted by Gasteiger charge is 2.16. The highest BCUT2D eigenvalue weighted by atomic mass is 19.2. The lowest BCUT2D eigenvalue weighted by Gasteiger charge is -2.08. The summed E-state index contributed by atoms with van der Waals surface area (Å²) in [6, 6.07) is 8.24. The molecular formula is C19H13F3N4O2. The first-order chi connectivity index (χ1) is 13.3. The van der Waals surface area contributed by atoms with E-state index < -0.39 is 29.0 Å². The summed E-state index contributed by atoms with van der Waals surface area (Å²) in [5, 5.41) is 5.02. The number of rotatable bonds is 5. The van der Waals surface area contributed by atoms with E-state index in [2.05, 4.69) is 20.6 Å². The predicted molar refractivity (Wildman–Crippen MR) is 96.0 cm³/mol. The largest absolute Gasteiger partial charge is 0.324 e. The Bertz CT molecular complexity index is 1040. The molecule has 0 spiro atoms. The molecule has 0 saturated heterocycles. The van der Waals surface area contributed by atoms with Crippen molar-refractivity contribution in [3.05, 3.63) is 77.4 Å². The standard InChI is InChI=1S/C19H13F3N4O2/c1-10(27)11-2-4-13(5-3-11)25-19-23-8-12(9-24-19)18(28)26-15-7-6-14(20)16(21)17(15)22/h2-9H,1H3,(H,26,28)(H,23,24,25). The van der Waals surface area contributed by atoms with E-state index in [1.807, 2.05) is 0 Å². The Morgan fingerprint density at radius 1 is 0.857 bits per heavy atom. The van der Waals surface area contributed by atoms with Crippen LogP contribution in [-0.4, -0.2) is 21.7 Å². The lowest BCUT2D eigenvalue weighted by molar-refractivity contribution is 0.101. The minimum Gasteiger partial charge on any atom is -0.324 e. The molecule has 6 nitrogen and oxygen atoms in total. The monoisotopic (exact) mass is 386 g/mol. The second-order valence-electron chi connectivity index (χ2n) is 5.73. The van der Waals surface area contributed by atoms with Gasteiger partial charge in [-0.2, -0.15) is 0 Å². The average molecular weight is 386 g/mol. The Kier molecular flexibility index (Phi) is 5.35. The normalized spacial score (nSPS) is 10.4. The van der Waals surface area contributed by atoms with Crippen molar-refractivity contribution in [2.24, 2.45) is 0 Å². The zero-order valence-electron chi connectivity index (χ0n) is 14.5. The third-order valence-corrected chi connectivity index (χ3v) is 3.74. The minimum absolute atomic E-state index is 0.0124. The first-order valence-electron chi connectivity index (χ1n) is 8.00. The number of nitrogens with one attached hydrogen (secondary N) is 2. The molecule has 142 valence electrons. The molecule has 2 N–H and O–H groups in total. The van der Waals surface area contributed by atoms with Crippen LogP contribution in [0, 0.1) is 17.5 Å². The van der Waals surface area contributed by atoms with E-state index in [9.17, 15) is 22.8 Å². The van der Waals surface area contributed by atoms with Crippen LogP contribution in [0.15, 0.2) is 48.8 Å². The van der Waals surface area contributed by atoms with Gasteiger partial charge in [0, 0.05) is 23.6 Å². The highest BCUT2D eigenvalue weighted by Crippen LogP contribution is 2.20. The van der Waals surface area contributed by atoms with E-state index >= 15 is 0 Å². The van der Waals surface area contributed by atoms with Gasteiger partial charge in [-0.3, -0.25) is 9.59 Å². The van der Waals surface area contributed by atoms with Crippen LogP contribution in [-0.2, 0) is 0 Å². The number of hydrogen-bond donors (Lipinski definition) is 2. The average Bonchev–Trinajstić information content (AvgIpc) is 2.69. The van der Waals surface area contributed by atoms with Crippen molar-refractivity contribution in [2.45, 2.75) is 6.92 Å². The van der Waals surface area contributed by atoms with Gasteiger partial charge in [-0.05, 0) is 43.3 Å². The summed E-state index contributed by atoms with van der Waals surface area (Å²) >= 11 is 0. The summed E-state index contributed by atoms with van der Waals surface area (Å²) in [5.41, 5.74) is 0.673. The Balaban J connectivity index is 1.69. The number of nitrogens with zero attached hydrogens (tertiary/aromatic N) is 2. The molecule has 0 bridgehead atoms. The molecular weight excluding hydrogens is 373 g/mol. The van der Waals surface area contributed by atoms with Gasteiger partial charge in [-0.25, -0.2) is 23.1 Å². The summed E-state index contributed by atoms with van der Waals surface area (Å²) in [4.78, 5) is 31.3. The van der Waals surface area contributed by atoms with E-state index in [1.54, 1.807) is 24.3 Å². The van der Waals surface area contributed by atoms with Crippen LogP contribution in [0.1, 0.15) is 27.6 Å². The van der Waals surface area contributed by atoms with Gasteiger partial charge in [-0.15, -0.1) is 0 Å². The number of carbonyl (C=O) groups excluding carboxylic acids is 2. The molecule has 0 unspecified atom stereocenters. The van der Waals surface area contributed by atoms with Gasteiger partial charge < -0.3 is 10.6 Å². The maximum Gasteiger partial charge on any atom is 0.258 e. The smallest absolute Gasteiger partial charge is 0.258 e. The van der Waals surface area contributed by atoms with Crippen molar-refractivity contribution >= 4 is 29.0 Å². The molecule has 0 aliphatic rings. The molecule has 9 heteroatoms. The Morgan fingerprint density at radius 2 is 1.50 bits per heavy atom. The van der Waals surface area contributed by atoms with E-state index in [0.717, 1.165) is 6.07 Å². The number of anilines is 3. The minimum atomic E-state index is -1.68. The van der Waals surface area contributed by atoms with Crippen LogP contribution >= 0.6 is 0 Å². The summed E-state index contributed by atoms with van der Waals surface area (Å²) in [6.45, 7) is 1.46. The van der Waals surface area contributed by atoms with Crippen molar-refractivity contribution in [2.75, 3.05) is 10.6 Å². The molecule has 0 saturated carbocycles. The molecule has 1 aromatic heterocycles. The maximum atomic E-state index is 13.6. The zero-order valence-corrected chi connectivity index (χ0v) is 14.5. The Labute approximate surface area is 157 Å². The third-order valence-electron chi connectivity index (χ3n) is 3.74. The first-order valence-corrected chi connectivity index (χ1v) is 8.00. The van der Waals surface area contributed by atoms with Gasteiger partial charge in [0.05, 0.1) is 11.3 Å². The molecule has 1 amide bonds. The van der Waals surface area contributed by atoms with Crippen molar-refractivity contribution in [3.63, 3.8) is 0 Å². The molecule has 3 rings (SSSR count). The van der Waals surface area contributed by atoms with E-state index in [1.165, 1.54) is 19.3 Å². The highest BCUT2D eigenvalue weighted by molar-refractivity contribution is 6.04. The lowest BCUT2D eigenvalue weighted by atomic mass is 10.1.